The van der Waals surface area contributed by atoms with Gasteiger partial charge in [0.15, 0.2) is 0 Å². The van der Waals surface area contributed by atoms with Crippen LogP contribution in [0.2, 0.25) is 0 Å². The highest BCUT2D eigenvalue weighted by atomic mass is 15.3. The van der Waals surface area contributed by atoms with E-state index in [9.17, 15) is 0 Å². The van der Waals surface area contributed by atoms with E-state index in [2.05, 4.69) is 33.8 Å². The van der Waals surface area contributed by atoms with Gasteiger partial charge in [0.05, 0.1) is 6.54 Å². The van der Waals surface area contributed by atoms with Gasteiger partial charge in [-0.2, -0.15) is 5.10 Å². The van der Waals surface area contributed by atoms with Crippen molar-refractivity contribution in [2.75, 3.05) is 5.32 Å². The molecule has 0 radical (unpaired) electrons. The number of hydrogen-bond donors (Lipinski definition) is 1. The molecule has 5 heteroatoms. The first-order valence-corrected chi connectivity index (χ1v) is 5.54. The molecule has 0 saturated heterocycles. The number of nitrogens with zero attached hydrogens (tertiary/aromatic N) is 4. The molecule has 2 aromatic rings. The lowest BCUT2D eigenvalue weighted by atomic mass is 10.3. The fourth-order valence-corrected chi connectivity index (χ4v) is 1.66. The van der Waals surface area contributed by atoms with E-state index in [0.717, 1.165) is 19.0 Å². The zero-order chi connectivity index (χ0) is 11.4. The summed E-state index contributed by atoms with van der Waals surface area (Å²) in [5, 5.41) is 7.55. The van der Waals surface area contributed by atoms with Gasteiger partial charge < -0.3 is 9.88 Å². The molecule has 2 rings (SSSR count). The molecule has 16 heavy (non-hydrogen) atoms. The van der Waals surface area contributed by atoms with Crippen LogP contribution < -0.4 is 5.32 Å². The Kier molecular flexibility index (Phi) is 3.24. The van der Waals surface area contributed by atoms with Crippen molar-refractivity contribution < 1.29 is 0 Å². The lowest BCUT2D eigenvalue weighted by Gasteiger charge is -2.15. The van der Waals surface area contributed by atoms with Crippen LogP contribution in [-0.4, -0.2) is 25.4 Å². The van der Waals surface area contributed by atoms with Crippen molar-refractivity contribution in [3.05, 3.63) is 30.9 Å². The van der Waals surface area contributed by atoms with Crippen LogP contribution in [0.4, 0.5) is 5.95 Å². The monoisotopic (exact) mass is 219 g/mol. The molecule has 0 aliphatic rings. The summed E-state index contributed by atoms with van der Waals surface area (Å²) >= 11 is 0. The average molecular weight is 219 g/mol. The van der Waals surface area contributed by atoms with Crippen molar-refractivity contribution in [1.29, 1.82) is 0 Å². The number of rotatable bonds is 5. The first-order valence-electron chi connectivity index (χ1n) is 5.54. The summed E-state index contributed by atoms with van der Waals surface area (Å²) in [5.74, 6) is 0.919. The second-order valence-corrected chi connectivity index (χ2v) is 3.81. The first-order chi connectivity index (χ1) is 7.79. The van der Waals surface area contributed by atoms with Crippen LogP contribution in [0.1, 0.15) is 13.8 Å². The third-order valence-corrected chi connectivity index (χ3v) is 2.45. The second kappa shape index (κ2) is 4.83. The number of imidazole rings is 1. The SMILES string of the molecule is CCn1ccnc1NC(C)Cn1cccn1. The van der Waals surface area contributed by atoms with Crippen molar-refractivity contribution in [3.63, 3.8) is 0 Å². The summed E-state index contributed by atoms with van der Waals surface area (Å²) in [6.45, 7) is 5.99. The summed E-state index contributed by atoms with van der Waals surface area (Å²) in [5.41, 5.74) is 0. The van der Waals surface area contributed by atoms with E-state index in [0.29, 0.717) is 6.04 Å². The largest absolute Gasteiger partial charge is 0.351 e. The van der Waals surface area contributed by atoms with Crippen LogP contribution in [0.3, 0.4) is 0 Å². The molecule has 0 spiro atoms. The maximum atomic E-state index is 4.28. The Morgan fingerprint density at radius 3 is 2.94 bits per heavy atom. The van der Waals surface area contributed by atoms with Crippen LogP contribution in [-0.2, 0) is 13.1 Å². The Morgan fingerprint density at radius 2 is 2.25 bits per heavy atom. The van der Waals surface area contributed by atoms with Crippen LogP contribution in [0.25, 0.3) is 0 Å². The summed E-state index contributed by atoms with van der Waals surface area (Å²) in [6, 6.07) is 2.23. The molecule has 0 aromatic carbocycles. The minimum absolute atomic E-state index is 0.299. The minimum Gasteiger partial charge on any atom is -0.351 e. The third kappa shape index (κ3) is 2.42. The second-order valence-electron chi connectivity index (χ2n) is 3.81. The molecule has 1 atom stereocenters. The van der Waals surface area contributed by atoms with Crippen LogP contribution in [0.15, 0.2) is 30.9 Å². The molecule has 2 aromatic heterocycles. The predicted octanol–water partition coefficient (Wildman–Crippen LogP) is 1.60. The molecule has 0 fully saturated rings. The number of hydrogen-bond acceptors (Lipinski definition) is 3. The molecule has 2 heterocycles. The molecule has 0 aliphatic carbocycles. The van der Waals surface area contributed by atoms with E-state index in [4.69, 9.17) is 0 Å². The zero-order valence-electron chi connectivity index (χ0n) is 9.67. The molecule has 86 valence electrons. The molecule has 0 aliphatic heterocycles. The Labute approximate surface area is 95.1 Å². The molecule has 0 amide bonds. The Morgan fingerprint density at radius 1 is 1.38 bits per heavy atom. The van der Waals surface area contributed by atoms with E-state index in [1.165, 1.54) is 0 Å². The molecule has 1 N–H and O–H groups in total. The minimum atomic E-state index is 0.299. The van der Waals surface area contributed by atoms with Gasteiger partial charge in [0.1, 0.15) is 0 Å². The lowest BCUT2D eigenvalue weighted by Crippen LogP contribution is -2.24. The summed E-state index contributed by atoms with van der Waals surface area (Å²) in [7, 11) is 0. The van der Waals surface area contributed by atoms with E-state index in [-0.39, 0.29) is 0 Å². The number of anilines is 1. The van der Waals surface area contributed by atoms with Crippen molar-refractivity contribution in [3.8, 4) is 0 Å². The van der Waals surface area contributed by atoms with Crippen LogP contribution >= 0.6 is 0 Å². The molecular weight excluding hydrogens is 202 g/mol. The average Bonchev–Trinajstić information content (AvgIpc) is 2.88. The molecule has 0 saturated carbocycles. The third-order valence-electron chi connectivity index (χ3n) is 2.45. The Hall–Kier alpha value is -1.78. The molecule has 0 bridgehead atoms. The topological polar surface area (TPSA) is 47.7 Å². The van der Waals surface area contributed by atoms with E-state index >= 15 is 0 Å². The number of aryl methyl sites for hydroxylation is 1. The summed E-state index contributed by atoms with van der Waals surface area (Å²) in [6.07, 6.45) is 7.54. The molecular formula is C11H17N5. The zero-order valence-corrected chi connectivity index (χ0v) is 9.67. The molecule has 5 nitrogen and oxygen atoms in total. The van der Waals surface area contributed by atoms with Gasteiger partial charge in [-0.25, -0.2) is 4.98 Å². The van der Waals surface area contributed by atoms with E-state index in [1.54, 1.807) is 6.20 Å². The van der Waals surface area contributed by atoms with Gasteiger partial charge in [-0.05, 0) is 19.9 Å². The smallest absolute Gasteiger partial charge is 0.203 e. The van der Waals surface area contributed by atoms with Crippen molar-refractivity contribution >= 4 is 5.95 Å². The predicted molar refractivity (Wildman–Crippen MR) is 63.2 cm³/mol. The highest BCUT2D eigenvalue weighted by molar-refractivity contribution is 5.26. The van der Waals surface area contributed by atoms with Gasteiger partial charge in [-0.1, -0.05) is 0 Å². The van der Waals surface area contributed by atoms with Gasteiger partial charge in [0.2, 0.25) is 5.95 Å². The van der Waals surface area contributed by atoms with Crippen LogP contribution in [0.5, 0.6) is 0 Å². The van der Waals surface area contributed by atoms with Crippen molar-refractivity contribution in [2.24, 2.45) is 0 Å². The van der Waals surface area contributed by atoms with Crippen molar-refractivity contribution in [1.82, 2.24) is 19.3 Å². The fourth-order valence-electron chi connectivity index (χ4n) is 1.66. The van der Waals surface area contributed by atoms with Gasteiger partial charge in [0.25, 0.3) is 0 Å². The Bertz CT molecular complexity index is 417. The summed E-state index contributed by atoms with van der Waals surface area (Å²) < 4.78 is 4.00. The first kappa shape index (κ1) is 10.7. The van der Waals surface area contributed by atoms with Gasteiger partial charge >= 0.3 is 0 Å². The highest BCUT2D eigenvalue weighted by Crippen LogP contribution is 2.06. The lowest BCUT2D eigenvalue weighted by molar-refractivity contribution is 0.555. The quantitative estimate of drug-likeness (QED) is 0.831. The normalized spacial score (nSPS) is 12.6. The van der Waals surface area contributed by atoms with Gasteiger partial charge in [-0.15, -0.1) is 0 Å². The standard InChI is InChI=1S/C11H17N5/c1-3-15-8-6-12-11(15)14-10(2)9-16-7-4-5-13-16/h4-8,10H,3,9H2,1-2H3,(H,12,14). The summed E-state index contributed by atoms with van der Waals surface area (Å²) in [4.78, 5) is 4.28. The van der Waals surface area contributed by atoms with Gasteiger partial charge in [0, 0.05) is 37.4 Å². The maximum absolute atomic E-state index is 4.28. The number of nitrogens with one attached hydrogen (secondary N) is 1. The highest BCUT2D eigenvalue weighted by Gasteiger charge is 2.06. The van der Waals surface area contributed by atoms with Gasteiger partial charge in [-0.3, -0.25) is 4.68 Å². The van der Waals surface area contributed by atoms with E-state index in [1.807, 2.05) is 29.3 Å². The Balaban J connectivity index is 1.94. The van der Waals surface area contributed by atoms with Crippen molar-refractivity contribution in [2.45, 2.75) is 33.0 Å². The maximum Gasteiger partial charge on any atom is 0.203 e. The fraction of sp³-hybridized carbons (Fsp3) is 0.455. The van der Waals surface area contributed by atoms with E-state index < -0.39 is 0 Å². The molecule has 1 unspecified atom stereocenters. The number of aromatic nitrogens is 4. The van der Waals surface area contributed by atoms with Crippen LogP contribution in [0, 0.1) is 0 Å².